The number of H-pyrrole nitrogens is 1. The highest BCUT2D eigenvalue weighted by Crippen LogP contribution is 2.21. The number of aromatic nitrogens is 3. The number of pyridine rings is 1. The maximum absolute atomic E-state index is 5.85. The molecular formula is C7H6Cl2N3+. The molecule has 0 aliphatic rings. The van der Waals surface area contributed by atoms with Crippen LogP contribution in [0.3, 0.4) is 0 Å². The molecule has 12 heavy (non-hydrogen) atoms. The first-order valence-corrected chi connectivity index (χ1v) is 4.13. The van der Waals surface area contributed by atoms with Gasteiger partial charge in [0.05, 0.1) is 0 Å². The molecule has 0 bridgehead atoms. The Bertz CT molecular complexity index is 435. The number of fused-ring (bicyclic) bond motifs is 1. The van der Waals surface area contributed by atoms with Crippen LogP contribution in [-0.4, -0.2) is 10.1 Å². The molecule has 0 aliphatic heterocycles. The summed E-state index contributed by atoms with van der Waals surface area (Å²) >= 11 is 11.6. The number of aryl methyl sites for hydroxylation is 1. The molecule has 2 aromatic heterocycles. The maximum atomic E-state index is 5.85. The van der Waals surface area contributed by atoms with Gasteiger partial charge in [-0.25, -0.2) is 4.98 Å². The fourth-order valence-electron chi connectivity index (χ4n) is 1.13. The number of nitrogens with one attached hydrogen (secondary N) is 1. The lowest BCUT2D eigenvalue weighted by molar-refractivity contribution is -0.724. The summed E-state index contributed by atoms with van der Waals surface area (Å²) in [6, 6.07) is 1.74. The summed E-state index contributed by atoms with van der Waals surface area (Å²) in [5, 5.41) is 4.75. The van der Waals surface area contributed by atoms with E-state index in [-0.39, 0.29) is 0 Å². The molecule has 2 aromatic rings. The number of hydrogen-bond donors (Lipinski definition) is 1. The van der Waals surface area contributed by atoms with Crippen molar-refractivity contribution >= 4 is 34.1 Å². The third kappa shape index (κ3) is 1.15. The van der Waals surface area contributed by atoms with Crippen LogP contribution in [0.5, 0.6) is 0 Å². The third-order valence-electron chi connectivity index (χ3n) is 1.60. The summed E-state index contributed by atoms with van der Waals surface area (Å²) in [5.41, 5.74) is 0.891. The van der Waals surface area contributed by atoms with Gasteiger partial charge in [-0.05, 0) is 0 Å². The van der Waals surface area contributed by atoms with Gasteiger partial charge in [0.2, 0.25) is 6.20 Å². The Morgan fingerprint density at radius 2 is 2.25 bits per heavy atom. The number of rotatable bonds is 0. The van der Waals surface area contributed by atoms with Crippen LogP contribution in [0.25, 0.3) is 10.9 Å². The average Bonchev–Trinajstić information content (AvgIpc) is 2.29. The minimum Gasteiger partial charge on any atom is -0.223 e. The van der Waals surface area contributed by atoms with Gasteiger partial charge < -0.3 is 0 Å². The largest absolute Gasteiger partial charge is 0.223 e. The van der Waals surface area contributed by atoms with Gasteiger partial charge in [-0.2, -0.15) is 5.10 Å². The quantitative estimate of drug-likeness (QED) is 0.512. The predicted molar refractivity (Wildman–Crippen MR) is 47.3 cm³/mol. The highest BCUT2D eigenvalue weighted by Gasteiger charge is 2.09. The van der Waals surface area contributed by atoms with Gasteiger partial charge >= 0.3 is 0 Å². The summed E-state index contributed by atoms with van der Waals surface area (Å²) in [5.74, 6) is 0. The normalized spacial score (nSPS) is 10.9. The van der Waals surface area contributed by atoms with Gasteiger partial charge in [-0.3, -0.25) is 0 Å². The van der Waals surface area contributed by atoms with Gasteiger partial charge in [0.25, 0.3) is 0 Å². The highest BCUT2D eigenvalue weighted by atomic mass is 35.5. The van der Waals surface area contributed by atoms with E-state index < -0.39 is 0 Å². The van der Waals surface area contributed by atoms with E-state index in [2.05, 4.69) is 10.1 Å². The van der Waals surface area contributed by atoms with Crippen LogP contribution in [0, 0.1) is 0 Å². The summed E-state index contributed by atoms with van der Waals surface area (Å²) in [6.45, 7) is 0. The first-order chi connectivity index (χ1) is 5.66. The number of nitrogens with zero attached hydrogens (tertiary/aromatic N) is 2. The Labute approximate surface area is 78.9 Å². The van der Waals surface area contributed by atoms with Crippen molar-refractivity contribution in [3.05, 3.63) is 22.6 Å². The molecule has 0 fully saturated rings. The fraction of sp³-hybridized carbons (Fsp3) is 0.143. The Morgan fingerprint density at radius 1 is 1.50 bits per heavy atom. The molecule has 1 N–H and O–H groups in total. The summed E-state index contributed by atoms with van der Waals surface area (Å²) in [4.78, 5) is 3.91. The van der Waals surface area contributed by atoms with Gasteiger partial charge in [-0.1, -0.05) is 23.2 Å². The molecule has 3 nitrogen and oxygen atoms in total. The summed E-state index contributed by atoms with van der Waals surface area (Å²) in [7, 11) is 1.88. The first kappa shape index (κ1) is 7.83. The Kier molecular flexibility index (Phi) is 1.70. The summed E-state index contributed by atoms with van der Waals surface area (Å²) in [6.07, 6.45) is 1.86. The van der Waals surface area contributed by atoms with E-state index in [1.165, 1.54) is 0 Å². The monoisotopic (exact) mass is 202 g/mol. The lowest BCUT2D eigenvalue weighted by atomic mass is 10.3. The molecule has 2 heterocycles. The van der Waals surface area contributed by atoms with E-state index in [0.29, 0.717) is 10.3 Å². The van der Waals surface area contributed by atoms with Crippen molar-refractivity contribution in [2.24, 2.45) is 7.05 Å². The molecule has 0 saturated carbocycles. The van der Waals surface area contributed by atoms with Crippen molar-refractivity contribution in [3.63, 3.8) is 0 Å². The first-order valence-electron chi connectivity index (χ1n) is 3.37. The highest BCUT2D eigenvalue weighted by molar-refractivity contribution is 6.36. The van der Waals surface area contributed by atoms with E-state index >= 15 is 0 Å². The molecule has 0 spiro atoms. The lowest BCUT2D eigenvalue weighted by Gasteiger charge is -1.89. The molecule has 0 aliphatic carbocycles. The Hall–Kier alpha value is -0.800. The zero-order valence-electron chi connectivity index (χ0n) is 6.31. The minimum absolute atomic E-state index is 0.398. The van der Waals surface area contributed by atoms with Crippen LogP contribution >= 0.6 is 23.2 Å². The van der Waals surface area contributed by atoms with Crippen LogP contribution < -0.4 is 4.68 Å². The molecule has 0 saturated heterocycles. The topological polar surface area (TPSA) is 32.6 Å². The van der Waals surface area contributed by atoms with E-state index in [9.17, 15) is 0 Å². The van der Waals surface area contributed by atoms with Crippen molar-refractivity contribution in [2.45, 2.75) is 0 Å². The SMILES string of the molecule is C[n+]1cc2c(Cl)nc(Cl)cc2[nH]1. The molecule has 62 valence electrons. The lowest BCUT2D eigenvalue weighted by Crippen LogP contribution is -2.27. The average molecular weight is 203 g/mol. The molecule has 5 heteroatoms. The number of aromatic amines is 1. The van der Waals surface area contributed by atoms with Crippen molar-refractivity contribution in [2.75, 3.05) is 0 Å². The Balaban J connectivity index is 2.88. The molecule has 0 amide bonds. The van der Waals surface area contributed by atoms with E-state index in [1.807, 2.05) is 13.2 Å². The second kappa shape index (κ2) is 2.61. The van der Waals surface area contributed by atoms with E-state index in [4.69, 9.17) is 23.2 Å². The van der Waals surface area contributed by atoms with Gasteiger partial charge in [0.15, 0.2) is 7.05 Å². The zero-order valence-corrected chi connectivity index (χ0v) is 7.82. The van der Waals surface area contributed by atoms with Crippen LogP contribution in [0.15, 0.2) is 12.3 Å². The number of halogens is 2. The van der Waals surface area contributed by atoms with Crippen molar-refractivity contribution in [1.82, 2.24) is 10.1 Å². The van der Waals surface area contributed by atoms with Crippen LogP contribution in [-0.2, 0) is 7.05 Å². The van der Waals surface area contributed by atoms with Gasteiger partial charge in [0, 0.05) is 6.07 Å². The van der Waals surface area contributed by atoms with Crippen molar-refractivity contribution < 1.29 is 4.68 Å². The van der Waals surface area contributed by atoms with E-state index in [0.717, 1.165) is 10.9 Å². The summed E-state index contributed by atoms with van der Waals surface area (Å²) < 4.78 is 1.80. The second-order valence-corrected chi connectivity index (χ2v) is 3.29. The zero-order chi connectivity index (χ0) is 8.72. The number of hydrogen-bond acceptors (Lipinski definition) is 1. The molecule has 0 unspecified atom stereocenters. The smallest absolute Gasteiger partial charge is 0.206 e. The van der Waals surface area contributed by atoms with Gasteiger partial charge in [0.1, 0.15) is 21.2 Å². The fourth-order valence-corrected chi connectivity index (χ4v) is 1.60. The minimum atomic E-state index is 0.398. The van der Waals surface area contributed by atoms with Crippen LogP contribution in [0.1, 0.15) is 0 Å². The van der Waals surface area contributed by atoms with Gasteiger partial charge in [-0.15, -0.1) is 4.68 Å². The standard InChI is InChI=1S/C7H5Cl2N3/c1-12-3-4-5(11-12)2-6(8)10-7(4)9/h2-3H,1H3/p+1. The molecule has 0 radical (unpaired) electrons. The predicted octanol–water partition coefficient (Wildman–Crippen LogP) is 1.69. The molecule has 0 aromatic carbocycles. The van der Waals surface area contributed by atoms with Crippen LogP contribution in [0.4, 0.5) is 0 Å². The Morgan fingerprint density at radius 3 is 3.00 bits per heavy atom. The second-order valence-electron chi connectivity index (χ2n) is 2.55. The maximum Gasteiger partial charge on any atom is 0.206 e. The third-order valence-corrected chi connectivity index (χ3v) is 2.08. The van der Waals surface area contributed by atoms with E-state index in [1.54, 1.807) is 10.7 Å². The van der Waals surface area contributed by atoms with Crippen LogP contribution in [0.2, 0.25) is 10.3 Å². The molecular weight excluding hydrogens is 197 g/mol. The van der Waals surface area contributed by atoms with Crippen molar-refractivity contribution in [1.29, 1.82) is 0 Å². The molecule has 0 atom stereocenters. The van der Waals surface area contributed by atoms with Crippen molar-refractivity contribution in [3.8, 4) is 0 Å². The molecule has 2 rings (SSSR count).